The fraction of sp³-hybridized carbons (Fsp3) is 0.467. The zero-order valence-corrected chi connectivity index (χ0v) is 27.5. The van der Waals surface area contributed by atoms with Gasteiger partial charge < -0.3 is 28.8 Å². The Morgan fingerprint density at radius 2 is 1.70 bits per heavy atom. The number of aliphatic hydroxyl groups is 1. The molecule has 0 aliphatic carbocycles. The summed E-state index contributed by atoms with van der Waals surface area (Å²) >= 11 is 1.16. The zero-order chi connectivity index (χ0) is 35.5. The molecule has 3 aromatic heterocycles. The zero-order valence-electron chi connectivity index (χ0n) is 26.7. The standard InChI is InChI=1S/C30H31F3N8O8S/c1-14(42)47-12-23-28(48-15(2)43)26(41-9-20(36-39-41)16-6-17(31)25(33)18(32)7-16)29(45-3)30(49-23)50-24-13-46-11-22(27(24)44)40-10-21(37-38-40)19-8-34-4-5-35-19/h4-10,22-24,26-30,44H,11-13H2,1-3H3. The lowest BCUT2D eigenvalue weighted by Crippen LogP contribution is -2.58. The number of ether oxygens (including phenoxy) is 5. The summed E-state index contributed by atoms with van der Waals surface area (Å²) in [5, 5.41) is 27.4. The van der Waals surface area contributed by atoms with E-state index in [2.05, 4.69) is 30.6 Å². The largest absolute Gasteiger partial charge is 0.463 e. The molecule has 50 heavy (non-hydrogen) atoms. The molecule has 16 nitrogen and oxygen atoms in total. The van der Waals surface area contributed by atoms with Crippen LogP contribution in [0.5, 0.6) is 0 Å². The van der Waals surface area contributed by atoms with Crippen molar-refractivity contribution in [3.8, 4) is 22.6 Å². The third kappa shape index (κ3) is 7.48. The topological polar surface area (TPSA) is 188 Å². The molecule has 0 bridgehead atoms. The summed E-state index contributed by atoms with van der Waals surface area (Å²) in [6.07, 6.45) is 3.26. The maximum Gasteiger partial charge on any atom is 0.303 e. The first-order valence-corrected chi connectivity index (χ1v) is 16.1. The number of halogens is 3. The Hall–Kier alpha value is -4.50. The minimum Gasteiger partial charge on any atom is -0.463 e. The Morgan fingerprint density at radius 1 is 0.980 bits per heavy atom. The molecule has 8 unspecified atom stereocenters. The van der Waals surface area contributed by atoms with Gasteiger partial charge in [0.1, 0.15) is 53.4 Å². The molecule has 0 amide bonds. The van der Waals surface area contributed by atoms with Crippen LogP contribution in [-0.4, -0.2) is 119 Å². The molecule has 2 aliphatic rings. The van der Waals surface area contributed by atoms with E-state index in [0.717, 1.165) is 23.9 Å². The van der Waals surface area contributed by atoms with E-state index in [1.54, 1.807) is 6.20 Å². The van der Waals surface area contributed by atoms with Crippen molar-refractivity contribution in [2.45, 2.75) is 61.0 Å². The number of aliphatic hydroxyl groups excluding tert-OH is 1. The number of carbonyl (C=O) groups is 2. The molecule has 20 heteroatoms. The molecule has 2 saturated heterocycles. The molecular formula is C30H31F3N8O8S. The van der Waals surface area contributed by atoms with Gasteiger partial charge in [-0.25, -0.2) is 22.5 Å². The second-order valence-electron chi connectivity index (χ2n) is 11.4. The third-order valence-corrected chi connectivity index (χ3v) is 9.48. The van der Waals surface area contributed by atoms with Crippen molar-refractivity contribution in [1.82, 2.24) is 40.0 Å². The van der Waals surface area contributed by atoms with E-state index in [9.17, 15) is 27.9 Å². The molecule has 1 aromatic carbocycles. The molecule has 0 spiro atoms. The van der Waals surface area contributed by atoms with Crippen LogP contribution < -0.4 is 0 Å². The van der Waals surface area contributed by atoms with E-state index < -0.39 is 76.6 Å². The van der Waals surface area contributed by atoms with Gasteiger partial charge >= 0.3 is 11.9 Å². The van der Waals surface area contributed by atoms with Gasteiger partial charge in [0.05, 0.1) is 43.2 Å². The van der Waals surface area contributed by atoms with Crippen molar-refractivity contribution in [3.05, 3.63) is 60.6 Å². The van der Waals surface area contributed by atoms with Gasteiger partial charge in [-0.1, -0.05) is 10.4 Å². The number of methoxy groups -OCH3 is 1. The number of benzene rings is 1. The monoisotopic (exact) mass is 720 g/mol. The SMILES string of the molecule is COC1C(SC2COCC(n3cc(-c4cnccn4)nn3)C2O)OC(COC(C)=O)C(OC(C)=O)C1n1cc(-c2cc(F)c(F)c(F)c2)nn1. The Balaban J connectivity index is 1.30. The molecule has 1 N–H and O–H groups in total. The van der Waals surface area contributed by atoms with E-state index in [4.69, 9.17) is 23.7 Å². The van der Waals surface area contributed by atoms with Gasteiger partial charge in [-0.05, 0) is 12.1 Å². The highest BCUT2D eigenvalue weighted by atomic mass is 32.2. The molecule has 5 heterocycles. The summed E-state index contributed by atoms with van der Waals surface area (Å²) in [6, 6.07) is -0.140. The molecule has 4 aromatic rings. The number of hydrogen-bond acceptors (Lipinski definition) is 15. The van der Waals surface area contributed by atoms with Crippen molar-refractivity contribution < 1.29 is 51.6 Å². The molecule has 2 aliphatic heterocycles. The number of thioether (sulfide) groups is 1. The first kappa shape index (κ1) is 35.3. The average Bonchev–Trinajstić information content (AvgIpc) is 3.79. The van der Waals surface area contributed by atoms with Gasteiger partial charge in [0.25, 0.3) is 0 Å². The lowest BCUT2D eigenvalue weighted by atomic mass is 9.96. The Kier molecular flexibility index (Phi) is 10.7. The van der Waals surface area contributed by atoms with Crippen LogP contribution in [0.4, 0.5) is 13.2 Å². The molecule has 0 radical (unpaired) electrons. The number of hydrogen-bond donors (Lipinski definition) is 1. The quantitative estimate of drug-likeness (QED) is 0.185. The van der Waals surface area contributed by atoms with Gasteiger partial charge in [0, 0.05) is 38.9 Å². The molecule has 6 rings (SSSR count). The first-order valence-electron chi connectivity index (χ1n) is 15.2. The van der Waals surface area contributed by atoms with Crippen LogP contribution >= 0.6 is 11.8 Å². The summed E-state index contributed by atoms with van der Waals surface area (Å²) in [5.74, 6) is -5.81. The van der Waals surface area contributed by atoms with Crippen molar-refractivity contribution >= 4 is 23.7 Å². The predicted molar refractivity (Wildman–Crippen MR) is 164 cm³/mol. The number of rotatable bonds is 10. The van der Waals surface area contributed by atoms with Crippen LogP contribution in [0, 0.1) is 17.5 Å². The fourth-order valence-electron chi connectivity index (χ4n) is 5.75. The summed E-state index contributed by atoms with van der Waals surface area (Å²) in [4.78, 5) is 32.4. The van der Waals surface area contributed by atoms with Gasteiger partial charge in [-0.2, -0.15) is 0 Å². The van der Waals surface area contributed by atoms with Crippen molar-refractivity contribution in [2.75, 3.05) is 26.9 Å². The van der Waals surface area contributed by atoms with E-state index in [1.165, 1.54) is 55.1 Å². The normalized spacial score (nSPS) is 26.8. The Morgan fingerprint density at radius 3 is 2.38 bits per heavy atom. The first-order chi connectivity index (χ1) is 24.0. The molecule has 2 fully saturated rings. The molecule has 266 valence electrons. The predicted octanol–water partition coefficient (Wildman–Crippen LogP) is 1.92. The number of nitrogens with zero attached hydrogens (tertiary/aromatic N) is 8. The lowest BCUT2D eigenvalue weighted by Gasteiger charge is -2.46. The molecule has 0 saturated carbocycles. The Labute approximate surface area is 286 Å². The number of carbonyl (C=O) groups excluding carboxylic acids is 2. The summed E-state index contributed by atoms with van der Waals surface area (Å²) in [6.45, 7) is 2.26. The van der Waals surface area contributed by atoms with Gasteiger partial charge in [-0.3, -0.25) is 19.6 Å². The second kappa shape index (κ2) is 15.2. The van der Waals surface area contributed by atoms with Crippen LogP contribution in [0.25, 0.3) is 22.6 Å². The minimum atomic E-state index is -1.64. The van der Waals surface area contributed by atoms with Crippen LogP contribution in [0.1, 0.15) is 25.9 Å². The molecule has 8 atom stereocenters. The average molecular weight is 721 g/mol. The summed E-state index contributed by atoms with van der Waals surface area (Å²) in [7, 11) is 1.38. The highest BCUT2D eigenvalue weighted by molar-refractivity contribution is 8.00. The van der Waals surface area contributed by atoms with Crippen LogP contribution in [-0.2, 0) is 33.3 Å². The van der Waals surface area contributed by atoms with E-state index >= 15 is 0 Å². The fourth-order valence-corrected chi connectivity index (χ4v) is 7.24. The summed E-state index contributed by atoms with van der Waals surface area (Å²) in [5.41, 5.74) is -0.129. The van der Waals surface area contributed by atoms with Gasteiger partial charge in [0.15, 0.2) is 23.6 Å². The molecular weight excluding hydrogens is 689 g/mol. The van der Waals surface area contributed by atoms with Crippen LogP contribution in [0.15, 0.2) is 43.1 Å². The maximum absolute atomic E-state index is 14.1. The van der Waals surface area contributed by atoms with Crippen molar-refractivity contribution in [3.63, 3.8) is 0 Å². The van der Waals surface area contributed by atoms with E-state index in [1.807, 2.05) is 0 Å². The van der Waals surface area contributed by atoms with E-state index in [-0.39, 0.29) is 31.1 Å². The third-order valence-electron chi connectivity index (χ3n) is 8.07. The summed E-state index contributed by atoms with van der Waals surface area (Å²) < 4.78 is 73.6. The Bertz CT molecular complexity index is 1800. The number of aromatic nitrogens is 8. The minimum absolute atomic E-state index is 0.0286. The highest BCUT2D eigenvalue weighted by Gasteiger charge is 2.52. The van der Waals surface area contributed by atoms with Crippen LogP contribution in [0.2, 0.25) is 0 Å². The smallest absolute Gasteiger partial charge is 0.303 e. The van der Waals surface area contributed by atoms with Gasteiger partial charge in [-0.15, -0.1) is 22.0 Å². The van der Waals surface area contributed by atoms with E-state index in [0.29, 0.717) is 11.4 Å². The van der Waals surface area contributed by atoms with Gasteiger partial charge in [0.2, 0.25) is 0 Å². The van der Waals surface area contributed by atoms with Crippen molar-refractivity contribution in [1.29, 1.82) is 0 Å². The van der Waals surface area contributed by atoms with Crippen LogP contribution in [0.3, 0.4) is 0 Å². The van der Waals surface area contributed by atoms with Crippen molar-refractivity contribution in [2.24, 2.45) is 0 Å². The number of esters is 2. The second-order valence-corrected chi connectivity index (χ2v) is 12.7. The lowest BCUT2D eigenvalue weighted by molar-refractivity contribution is -0.208. The highest BCUT2D eigenvalue weighted by Crippen LogP contribution is 2.42. The maximum atomic E-state index is 14.1.